The van der Waals surface area contributed by atoms with Gasteiger partial charge in [0.2, 0.25) is 0 Å². The van der Waals surface area contributed by atoms with Gasteiger partial charge in [0.1, 0.15) is 0 Å². The van der Waals surface area contributed by atoms with Crippen LogP contribution in [0.1, 0.15) is 6.42 Å². The summed E-state index contributed by atoms with van der Waals surface area (Å²) in [4.78, 5) is 1.96. The lowest BCUT2D eigenvalue weighted by molar-refractivity contribution is 0.597. The minimum atomic E-state index is -2.91. The summed E-state index contributed by atoms with van der Waals surface area (Å²) in [6.45, 7) is 1.13. The first kappa shape index (κ1) is 12.5. The van der Waals surface area contributed by atoms with E-state index in [0.29, 0.717) is 30.2 Å². The SMILES string of the molecule is Nc1cccc(Cl)c1N1CCCS(=O)(=O)CC1. The summed E-state index contributed by atoms with van der Waals surface area (Å²) >= 11 is 6.12. The summed E-state index contributed by atoms with van der Waals surface area (Å²) in [5.41, 5.74) is 7.25. The van der Waals surface area contributed by atoms with Crippen molar-refractivity contribution in [1.29, 1.82) is 0 Å². The van der Waals surface area contributed by atoms with E-state index in [1.54, 1.807) is 18.2 Å². The van der Waals surface area contributed by atoms with Gasteiger partial charge in [-0.2, -0.15) is 0 Å². The molecule has 0 atom stereocenters. The molecule has 0 saturated carbocycles. The Morgan fingerprint density at radius 1 is 1.24 bits per heavy atom. The molecule has 4 nitrogen and oxygen atoms in total. The lowest BCUT2D eigenvalue weighted by Gasteiger charge is -2.24. The zero-order chi connectivity index (χ0) is 12.5. The van der Waals surface area contributed by atoms with E-state index in [1.165, 1.54) is 0 Å². The van der Waals surface area contributed by atoms with Crippen molar-refractivity contribution in [2.24, 2.45) is 0 Å². The molecule has 1 aromatic carbocycles. The summed E-state index contributed by atoms with van der Waals surface area (Å²) in [6.07, 6.45) is 0.618. The van der Waals surface area contributed by atoms with Crippen LogP contribution >= 0.6 is 11.6 Å². The van der Waals surface area contributed by atoms with Gasteiger partial charge in [-0.1, -0.05) is 17.7 Å². The molecule has 0 amide bonds. The molecule has 0 spiro atoms. The maximum Gasteiger partial charge on any atom is 0.152 e. The maximum absolute atomic E-state index is 11.5. The number of halogens is 1. The molecule has 6 heteroatoms. The van der Waals surface area contributed by atoms with Crippen LogP contribution in [0.15, 0.2) is 18.2 Å². The molecule has 1 aliphatic rings. The third kappa shape index (κ3) is 2.84. The van der Waals surface area contributed by atoms with Crippen LogP contribution in [0, 0.1) is 0 Å². The molecule has 1 aliphatic heterocycles. The van der Waals surface area contributed by atoms with Crippen LogP contribution in [0.2, 0.25) is 5.02 Å². The smallest absolute Gasteiger partial charge is 0.152 e. The molecule has 0 bridgehead atoms. The Labute approximate surface area is 106 Å². The molecule has 0 radical (unpaired) electrons. The second-order valence-electron chi connectivity index (χ2n) is 4.17. The minimum absolute atomic E-state index is 0.164. The van der Waals surface area contributed by atoms with E-state index in [-0.39, 0.29) is 11.5 Å². The van der Waals surface area contributed by atoms with Crippen molar-refractivity contribution < 1.29 is 8.42 Å². The third-order valence-electron chi connectivity index (χ3n) is 2.89. The van der Waals surface area contributed by atoms with E-state index < -0.39 is 9.84 Å². The highest BCUT2D eigenvalue weighted by molar-refractivity contribution is 7.91. The topological polar surface area (TPSA) is 63.4 Å². The van der Waals surface area contributed by atoms with E-state index in [2.05, 4.69) is 0 Å². The van der Waals surface area contributed by atoms with Crippen LogP contribution in [0.25, 0.3) is 0 Å². The molecule has 1 heterocycles. The molecule has 0 unspecified atom stereocenters. The number of hydrogen-bond acceptors (Lipinski definition) is 4. The largest absolute Gasteiger partial charge is 0.397 e. The molecule has 0 aliphatic carbocycles. The fourth-order valence-corrected chi connectivity index (χ4v) is 3.60. The summed E-state index contributed by atoms with van der Waals surface area (Å²) in [5, 5.41) is 0.573. The molecule has 1 saturated heterocycles. The highest BCUT2D eigenvalue weighted by Gasteiger charge is 2.21. The Morgan fingerprint density at radius 2 is 2.00 bits per heavy atom. The third-order valence-corrected chi connectivity index (χ3v) is 4.91. The molecular weight excluding hydrogens is 260 g/mol. The zero-order valence-corrected chi connectivity index (χ0v) is 11.0. The predicted molar refractivity (Wildman–Crippen MR) is 71.3 cm³/mol. The second kappa shape index (κ2) is 4.74. The molecule has 1 fully saturated rings. The van der Waals surface area contributed by atoms with Gasteiger partial charge in [0.15, 0.2) is 9.84 Å². The van der Waals surface area contributed by atoms with Crippen LogP contribution in [0.4, 0.5) is 11.4 Å². The monoisotopic (exact) mass is 274 g/mol. The number of nitrogens with zero attached hydrogens (tertiary/aromatic N) is 1. The van der Waals surface area contributed by atoms with Crippen LogP contribution < -0.4 is 10.6 Å². The van der Waals surface area contributed by atoms with Gasteiger partial charge in [-0.3, -0.25) is 0 Å². The van der Waals surface area contributed by atoms with Crippen LogP contribution in [0.5, 0.6) is 0 Å². The van der Waals surface area contributed by atoms with Crippen molar-refractivity contribution in [1.82, 2.24) is 0 Å². The first-order valence-corrected chi connectivity index (χ1v) is 7.69. The highest BCUT2D eigenvalue weighted by Crippen LogP contribution is 2.32. The average Bonchev–Trinajstić information content (AvgIpc) is 2.40. The quantitative estimate of drug-likeness (QED) is 0.789. The molecule has 2 rings (SSSR count). The maximum atomic E-state index is 11.5. The minimum Gasteiger partial charge on any atom is -0.397 e. The van der Waals surface area contributed by atoms with Gasteiger partial charge < -0.3 is 10.6 Å². The van der Waals surface area contributed by atoms with Gasteiger partial charge in [-0.15, -0.1) is 0 Å². The predicted octanol–water partition coefficient (Wildman–Crippen LogP) is 1.55. The van der Waals surface area contributed by atoms with Gasteiger partial charge in [-0.25, -0.2) is 8.42 Å². The van der Waals surface area contributed by atoms with E-state index >= 15 is 0 Å². The molecule has 0 aromatic heterocycles. The number of anilines is 2. The van der Waals surface area contributed by atoms with Crippen molar-refractivity contribution in [3.05, 3.63) is 23.2 Å². The standard InChI is InChI=1S/C11H15ClN2O2S/c12-9-3-1-4-10(13)11(9)14-5-2-7-17(15,16)8-6-14/h1,3-4H,2,5-8,13H2. The average molecular weight is 275 g/mol. The lowest BCUT2D eigenvalue weighted by atomic mass is 10.2. The number of sulfone groups is 1. The Morgan fingerprint density at radius 3 is 2.71 bits per heavy atom. The number of nitrogens with two attached hydrogens (primary N) is 1. The lowest BCUT2D eigenvalue weighted by Crippen LogP contribution is -2.27. The first-order chi connectivity index (χ1) is 7.99. The number of nitrogen functional groups attached to an aromatic ring is 1. The fourth-order valence-electron chi connectivity index (χ4n) is 2.03. The summed E-state index contributed by atoms with van der Waals surface area (Å²) < 4.78 is 23.1. The van der Waals surface area contributed by atoms with Crippen LogP contribution in [-0.4, -0.2) is 33.0 Å². The first-order valence-electron chi connectivity index (χ1n) is 5.49. The van der Waals surface area contributed by atoms with Crippen molar-refractivity contribution >= 4 is 32.8 Å². The summed E-state index contributed by atoms with van der Waals surface area (Å²) in [5.74, 6) is 0.408. The molecule has 2 N–H and O–H groups in total. The Hall–Kier alpha value is -0.940. The van der Waals surface area contributed by atoms with Crippen LogP contribution in [-0.2, 0) is 9.84 Å². The number of para-hydroxylation sites is 1. The van der Waals surface area contributed by atoms with Crippen LogP contribution in [0.3, 0.4) is 0 Å². The van der Waals surface area contributed by atoms with Gasteiger partial charge in [-0.05, 0) is 18.6 Å². The van der Waals surface area contributed by atoms with E-state index in [1.807, 2.05) is 4.90 Å². The van der Waals surface area contributed by atoms with E-state index in [9.17, 15) is 8.42 Å². The highest BCUT2D eigenvalue weighted by atomic mass is 35.5. The fraction of sp³-hybridized carbons (Fsp3) is 0.455. The second-order valence-corrected chi connectivity index (χ2v) is 6.88. The Kier molecular flexibility index (Phi) is 3.49. The number of rotatable bonds is 1. The number of benzene rings is 1. The molecule has 17 heavy (non-hydrogen) atoms. The van der Waals surface area contributed by atoms with Gasteiger partial charge in [0.25, 0.3) is 0 Å². The molecule has 1 aromatic rings. The van der Waals surface area contributed by atoms with Gasteiger partial charge >= 0.3 is 0 Å². The summed E-state index contributed by atoms with van der Waals surface area (Å²) in [7, 11) is -2.91. The normalized spacial score (nSPS) is 19.9. The summed E-state index contributed by atoms with van der Waals surface area (Å²) in [6, 6.07) is 5.34. The van der Waals surface area contributed by atoms with E-state index in [4.69, 9.17) is 17.3 Å². The van der Waals surface area contributed by atoms with Gasteiger partial charge in [0, 0.05) is 13.1 Å². The van der Waals surface area contributed by atoms with Crippen molar-refractivity contribution in [2.75, 3.05) is 35.2 Å². The van der Waals surface area contributed by atoms with Gasteiger partial charge in [0.05, 0.1) is 27.9 Å². The molecule has 94 valence electrons. The van der Waals surface area contributed by atoms with Crippen molar-refractivity contribution in [3.8, 4) is 0 Å². The Balaban J connectivity index is 2.29. The van der Waals surface area contributed by atoms with Crippen molar-refractivity contribution in [2.45, 2.75) is 6.42 Å². The van der Waals surface area contributed by atoms with Crippen molar-refractivity contribution in [3.63, 3.8) is 0 Å². The zero-order valence-electron chi connectivity index (χ0n) is 9.39. The van der Waals surface area contributed by atoms with E-state index in [0.717, 1.165) is 5.69 Å². The Bertz CT molecular complexity index is 496. The number of hydrogen-bond donors (Lipinski definition) is 1. The molecular formula is C11H15ClN2O2S.